The fraction of sp³-hybridized carbons (Fsp3) is 0.294. The Morgan fingerprint density at radius 3 is 2.40 bits per heavy atom. The minimum absolute atomic E-state index is 0.0208. The van der Waals surface area contributed by atoms with Gasteiger partial charge in [-0.3, -0.25) is 0 Å². The number of aryl methyl sites for hydroxylation is 2. The molecule has 1 aliphatic carbocycles. The van der Waals surface area contributed by atoms with Crippen LogP contribution in [0.4, 0.5) is 5.69 Å². The van der Waals surface area contributed by atoms with E-state index in [1.807, 2.05) is 6.92 Å². The van der Waals surface area contributed by atoms with E-state index in [0.717, 1.165) is 17.7 Å². The zero-order valence-electron chi connectivity index (χ0n) is 11.6. The van der Waals surface area contributed by atoms with Gasteiger partial charge in [0.05, 0.1) is 0 Å². The largest absolute Gasteiger partial charge is 0.508 e. The molecule has 1 atom stereocenters. The lowest BCUT2D eigenvalue weighted by Gasteiger charge is -2.17. The average molecular weight is 269 g/mol. The van der Waals surface area contributed by atoms with Crippen molar-refractivity contribution in [2.45, 2.75) is 32.2 Å². The van der Waals surface area contributed by atoms with E-state index in [0.29, 0.717) is 0 Å². The highest BCUT2D eigenvalue weighted by Crippen LogP contribution is 2.29. The molecule has 0 aromatic heterocycles. The van der Waals surface area contributed by atoms with Gasteiger partial charge >= 0.3 is 0 Å². The summed E-state index contributed by atoms with van der Waals surface area (Å²) in [4.78, 5) is 0. The van der Waals surface area contributed by atoms with Crippen LogP contribution >= 0.6 is 0 Å². The van der Waals surface area contributed by atoms with Crippen LogP contribution in [0, 0.1) is 0 Å². The van der Waals surface area contributed by atoms with E-state index in [2.05, 4.69) is 23.5 Å². The molecule has 0 saturated heterocycles. The maximum absolute atomic E-state index is 9.55. The summed E-state index contributed by atoms with van der Waals surface area (Å²) in [6.45, 7) is 2.02. The normalized spacial score (nSPS) is 14.8. The number of hydrogen-bond donors (Lipinski definition) is 3. The SMILES string of the molecule is CC(Nc1ccc2c(c1)CCC2)c1cc(O)cc(O)c1. The first-order valence-electron chi connectivity index (χ1n) is 7.03. The topological polar surface area (TPSA) is 52.5 Å². The molecule has 3 N–H and O–H groups in total. The number of fused-ring (bicyclic) bond motifs is 1. The number of rotatable bonds is 3. The molecule has 0 amide bonds. The highest BCUT2D eigenvalue weighted by molar-refractivity contribution is 5.52. The fourth-order valence-corrected chi connectivity index (χ4v) is 2.86. The van der Waals surface area contributed by atoms with Gasteiger partial charge in [-0.15, -0.1) is 0 Å². The van der Waals surface area contributed by atoms with E-state index < -0.39 is 0 Å². The van der Waals surface area contributed by atoms with Crippen molar-refractivity contribution in [2.24, 2.45) is 0 Å². The lowest BCUT2D eigenvalue weighted by molar-refractivity contribution is 0.448. The zero-order valence-corrected chi connectivity index (χ0v) is 11.6. The second kappa shape index (κ2) is 5.08. The Hall–Kier alpha value is -2.16. The smallest absolute Gasteiger partial charge is 0.119 e. The van der Waals surface area contributed by atoms with Crippen molar-refractivity contribution in [3.63, 3.8) is 0 Å². The Balaban J connectivity index is 1.80. The van der Waals surface area contributed by atoms with Gasteiger partial charge in [0.1, 0.15) is 11.5 Å². The molecule has 0 bridgehead atoms. The summed E-state index contributed by atoms with van der Waals surface area (Å²) < 4.78 is 0. The van der Waals surface area contributed by atoms with E-state index in [9.17, 15) is 10.2 Å². The van der Waals surface area contributed by atoms with E-state index >= 15 is 0 Å². The molecule has 3 heteroatoms. The average Bonchev–Trinajstić information content (AvgIpc) is 2.85. The molecule has 104 valence electrons. The first-order valence-corrected chi connectivity index (χ1v) is 7.03. The molecule has 20 heavy (non-hydrogen) atoms. The van der Waals surface area contributed by atoms with Gasteiger partial charge < -0.3 is 15.5 Å². The van der Waals surface area contributed by atoms with Crippen LogP contribution in [0.25, 0.3) is 0 Å². The molecule has 3 nitrogen and oxygen atoms in total. The summed E-state index contributed by atoms with van der Waals surface area (Å²) in [7, 11) is 0. The third kappa shape index (κ3) is 2.57. The molecule has 0 radical (unpaired) electrons. The first-order chi connectivity index (χ1) is 9.61. The number of benzene rings is 2. The lowest BCUT2D eigenvalue weighted by Crippen LogP contribution is -2.06. The molecule has 2 aromatic rings. The molecule has 2 aromatic carbocycles. The minimum Gasteiger partial charge on any atom is -0.508 e. The fourth-order valence-electron chi connectivity index (χ4n) is 2.86. The van der Waals surface area contributed by atoms with Gasteiger partial charge in [0, 0.05) is 17.8 Å². The summed E-state index contributed by atoms with van der Waals surface area (Å²) in [5, 5.41) is 22.5. The van der Waals surface area contributed by atoms with Crippen LogP contribution in [0.3, 0.4) is 0 Å². The van der Waals surface area contributed by atoms with E-state index in [-0.39, 0.29) is 17.5 Å². The van der Waals surface area contributed by atoms with Crippen molar-refractivity contribution < 1.29 is 10.2 Å². The van der Waals surface area contributed by atoms with Gasteiger partial charge in [-0.2, -0.15) is 0 Å². The minimum atomic E-state index is 0.0208. The highest BCUT2D eigenvalue weighted by atomic mass is 16.3. The zero-order chi connectivity index (χ0) is 14.1. The van der Waals surface area contributed by atoms with Crippen LogP contribution in [-0.4, -0.2) is 10.2 Å². The predicted octanol–water partition coefficient (Wildman–Crippen LogP) is 3.76. The summed E-state index contributed by atoms with van der Waals surface area (Å²) >= 11 is 0. The van der Waals surface area contributed by atoms with Crippen molar-refractivity contribution in [1.29, 1.82) is 0 Å². The maximum Gasteiger partial charge on any atom is 0.119 e. The van der Waals surface area contributed by atoms with Crippen LogP contribution in [0.5, 0.6) is 11.5 Å². The number of anilines is 1. The Bertz CT molecular complexity index is 617. The quantitative estimate of drug-likeness (QED) is 0.795. The second-order valence-corrected chi connectivity index (χ2v) is 5.49. The lowest BCUT2D eigenvalue weighted by atomic mass is 10.1. The molecule has 3 rings (SSSR count). The summed E-state index contributed by atoms with van der Waals surface area (Å²) in [6.07, 6.45) is 3.59. The van der Waals surface area contributed by atoms with E-state index in [1.165, 1.54) is 30.0 Å². The van der Waals surface area contributed by atoms with Crippen LogP contribution in [0.15, 0.2) is 36.4 Å². The Labute approximate surface area is 118 Å². The third-order valence-electron chi connectivity index (χ3n) is 3.91. The van der Waals surface area contributed by atoms with Crippen molar-refractivity contribution >= 4 is 5.69 Å². The maximum atomic E-state index is 9.55. The van der Waals surface area contributed by atoms with Crippen molar-refractivity contribution in [1.82, 2.24) is 0 Å². The Morgan fingerprint density at radius 2 is 1.65 bits per heavy atom. The van der Waals surface area contributed by atoms with Crippen LogP contribution in [0.2, 0.25) is 0 Å². The van der Waals surface area contributed by atoms with Gasteiger partial charge in [-0.05, 0) is 67.1 Å². The second-order valence-electron chi connectivity index (χ2n) is 5.49. The number of phenolic OH excluding ortho intramolecular Hbond substituents is 2. The molecular formula is C17H19NO2. The number of phenols is 2. The molecule has 0 heterocycles. The molecular weight excluding hydrogens is 250 g/mol. The van der Waals surface area contributed by atoms with Crippen molar-refractivity contribution in [2.75, 3.05) is 5.32 Å². The van der Waals surface area contributed by atoms with E-state index in [1.54, 1.807) is 12.1 Å². The van der Waals surface area contributed by atoms with Gasteiger partial charge in [-0.25, -0.2) is 0 Å². The van der Waals surface area contributed by atoms with E-state index in [4.69, 9.17) is 0 Å². The van der Waals surface area contributed by atoms with Gasteiger partial charge in [-0.1, -0.05) is 6.07 Å². The van der Waals surface area contributed by atoms with Crippen molar-refractivity contribution in [3.8, 4) is 11.5 Å². The Kier molecular flexibility index (Phi) is 3.26. The van der Waals surface area contributed by atoms with Crippen LogP contribution < -0.4 is 5.32 Å². The molecule has 0 spiro atoms. The molecule has 0 fully saturated rings. The molecule has 0 saturated carbocycles. The first kappa shape index (κ1) is 12.9. The number of aromatic hydroxyl groups is 2. The molecule has 1 aliphatic rings. The van der Waals surface area contributed by atoms with Gasteiger partial charge in [0.2, 0.25) is 0 Å². The monoisotopic (exact) mass is 269 g/mol. The highest BCUT2D eigenvalue weighted by Gasteiger charge is 2.12. The molecule has 1 unspecified atom stereocenters. The summed E-state index contributed by atoms with van der Waals surface area (Å²) in [5.74, 6) is 0.171. The predicted molar refractivity (Wildman–Crippen MR) is 80.3 cm³/mol. The van der Waals surface area contributed by atoms with Crippen molar-refractivity contribution in [3.05, 3.63) is 53.1 Å². The van der Waals surface area contributed by atoms with Crippen LogP contribution in [0.1, 0.15) is 36.1 Å². The summed E-state index contributed by atoms with van der Waals surface area (Å²) in [6, 6.07) is 11.2. The third-order valence-corrected chi connectivity index (χ3v) is 3.91. The van der Waals surface area contributed by atoms with Gasteiger partial charge in [0.25, 0.3) is 0 Å². The number of hydrogen-bond acceptors (Lipinski definition) is 3. The standard InChI is InChI=1S/C17H19NO2/c1-11(14-8-16(19)10-17(20)9-14)18-15-6-5-12-3-2-4-13(12)7-15/h5-11,18-20H,2-4H2,1H3. The molecule has 0 aliphatic heterocycles. The number of nitrogens with one attached hydrogen (secondary N) is 1. The van der Waals surface area contributed by atoms with Gasteiger partial charge in [0.15, 0.2) is 0 Å². The summed E-state index contributed by atoms with van der Waals surface area (Å²) in [5.41, 5.74) is 4.84. The Morgan fingerprint density at radius 1 is 0.950 bits per heavy atom. The van der Waals surface area contributed by atoms with Crippen LogP contribution in [-0.2, 0) is 12.8 Å².